The molecular formula is C6H8N2OS2. The van der Waals surface area contributed by atoms with E-state index in [1.54, 1.807) is 23.5 Å². The van der Waals surface area contributed by atoms with Crippen LogP contribution in [0.2, 0.25) is 0 Å². The molecule has 2 aliphatic heterocycles. The highest BCUT2D eigenvalue weighted by Gasteiger charge is 2.14. The lowest BCUT2D eigenvalue weighted by Crippen LogP contribution is -2.01. The van der Waals surface area contributed by atoms with Gasteiger partial charge >= 0.3 is 0 Å². The van der Waals surface area contributed by atoms with Gasteiger partial charge in [-0.25, -0.2) is 9.98 Å². The molecule has 0 radical (unpaired) electrons. The molecule has 0 amide bonds. The summed E-state index contributed by atoms with van der Waals surface area (Å²) in [5.74, 6) is 2.10. The first-order valence-corrected chi connectivity index (χ1v) is 5.44. The number of hydrogen-bond acceptors (Lipinski definition) is 5. The van der Waals surface area contributed by atoms with Gasteiger partial charge in [0.1, 0.15) is 0 Å². The van der Waals surface area contributed by atoms with Crippen molar-refractivity contribution in [2.45, 2.75) is 0 Å². The van der Waals surface area contributed by atoms with Gasteiger partial charge in [-0.05, 0) is 0 Å². The Morgan fingerprint density at radius 2 is 1.55 bits per heavy atom. The second-order valence-electron chi connectivity index (χ2n) is 2.09. The molecule has 11 heavy (non-hydrogen) atoms. The van der Waals surface area contributed by atoms with Crippen LogP contribution in [0.3, 0.4) is 0 Å². The van der Waals surface area contributed by atoms with E-state index >= 15 is 0 Å². The second kappa shape index (κ2) is 3.49. The van der Waals surface area contributed by atoms with Crippen molar-refractivity contribution in [2.75, 3.05) is 24.6 Å². The van der Waals surface area contributed by atoms with Crippen molar-refractivity contribution in [3.63, 3.8) is 0 Å². The largest absolute Gasteiger partial charge is 0.409 e. The maximum Gasteiger partial charge on any atom is 0.253 e. The number of aliphatic imine (C=N–C) groups is 2. The molecule has 0 unspecified atom stereocenters. The topological polar surface area (TPSA) is 34.0 Å². The average molecular weight is 188 g/mol. The van der Waals surface area contributed by atoms with Gasteiger partial charge in [-0.1, -0.05) is 23.5 Å². The predicted octanol–water partition coefficient (Wildman–Crippen LogP) is 1.21. The smallest absolute Gasteiger partial charge is 0.253 e. The lowest BCUT2D eigenvalue weighted by atomic mass is 10.8. The molecule has 3 nitrogen and oxygen atoms in total. The minimum Gasteiger partial charge on any atom is -0.409 e. The Morgan fingerprint density at radius 1 is 1.00 bits per heavy atom. The molecule has 2 rings (SSSR count). The van der Waals surface area contributed by atoms with Crippen LogP contribution < -0.4 is 0 Å². The van der Waals surface area contributed by atoms with E-state index in [0.717, 1.165) is 35.1 Å². The summed E-state index contributed by atoms with van der Waals surface area (Å²) in [5.41, 5.74) is 0. The van der Waals surface area contributed by atoms with Crippen LogP contribution in [0, 0.1) is 0 Å². The van der Waals surface area contributed by atoms with Crippen LogP contribution in [0.25, 0.3) is 0 Å². The van der Waals surface area contributed by atoms with Crippen LogP contribution in [0.15, 0.2) is 9.98 Å². The highest BCUT2D eigenvalue weighted by molar-refractivity contribution is 8.15. The molecule has 0 bridgehead atoms. The fourth-order valence-electron chi connectivity index (χ4n) is 0.829. The van der Waals surface area contributed by atoms with Gasteiger partial charge in [0, 0.05) is 11.5 Å². The summed E-state index contributed by atoms with van der Waals surface area (Å²) in [6.45, 7) is 1.77. The van der Waals surface area contributed by atoms with Gasteiger partial charge < -0.3 is 4.74 Å². The molecule has 0 saturated heterocycles. The highest BCUT2D eigenvalue weighted by Crippen LogP contribution is 2.18. The van der Waals surface area contributed by atoms with E-state index in [-0.39, 0.29) is 0 Å². The summed E-state index contributed by atoms with van der Waals surface area (Å²) in [6.07, 6.45) is 0. The van der Waals surface area contributed by atoms with Crippen molar-refractivity contribution in [1.82, 2.24) is 0 Å². The monoisotopic (exact) mass is 188 g/mol. The van der Waals surface area contributed by atoms with E-state index < -0.39 is 0 Å². The molecule has 0 aromatic heterocycles. The standard InChI is InChI=1S/C6H8N2OS2/c1-3-10-5(7-1)9-6-8-2-4-11-6/h1-4H2. The molecule has 0 aliphatic carbocycles. The molecular weight excluding hydrogens is 180 g/mol. The summed E-state index contributed by atoms with van der Waals surface area (Å²) in [6, 6.07) is 0. The summed E-state index contributed by atoms with van der Waals surface area (Å²) in [5, 5.41) is 1.58. The average Bonchev–Trinajstić information content (AvgIpc) is 2.60. The lowest BCUT2D eigenvalue weighted by molar-refractivity contribution is 0.576. The maximum absolute atomic E-state index is 5.40. The number of hydrogen-bond donors (Lipinski definition) is 0. The molecule has 0 aromatic rings. The third-order valence-corrected chi connectivity index (χ3v) is 2.98. The Bertz CT molecular complexity index is 193. The summed E-state index contributed by atoms with van der Waals surface area (Å²) < 4.78 is 5.40. The predicted molar refractivity (Wildman–Crippen MR) is 50.6 cm³/mol. The highest BCUT2D eigenvalue weighted by atomic mass is 32.2. The molecule has 0 fully saturated rings. The Morgan fingerprint density at radius 3 is 1.91 bits per heavy atom. The van der Waals surface area contributed by atoms with E-state index in [0.29, 0.717) is 0 Å². The minimum absolute atomic E-state index is 0.790. The van der Waals surface area contributed by atoms with Gasteiger partial charge in [0.05, 0.1) is 13.1 Å². The third kappa shape index (κ3) is 1.90. The van der Waals surface area contributed by atoms with Gasteiger partial charge in [0.2, 0.25) is 0 Å². The van der Waals surface area contributed by atoms with Gasteiger partial charge in [-0.15, -0.1) is 0 Å². The quantitative estimate of drug-likeness (QED) is 0.573. The molecule has 60 valence electrons. The summed E-state index contributed by atoms with van der Waals surface area (Å²) >= 11 is 3.33. The van der Waals surface area contributed by atoms with E-state index in [1.165, 1.54) is 0 Å². The lowest BCUT2D eigenvalue weighted by Gasteiger charge is -1.99. The zero-order valence-corrected chi connectivity index (χ0v) is 7.58. The van der Waals surface area contributed by atoms with Crippen LogP contribution in [-0.2, 0) is 4.74 Å². The van der Waals surface area contributed by atoms with Crippen molar-refractivity contribution >= 4 is 34.0 Å². The number of rotatable bonds is 0. The molecule has 0 saturated carbocycles. The van der Waals surface area contributed by atoms with Crippen molar-refractivity contribution in [3.05, 3.63) is 0 Å². The zero-order chi connectivity index (χ0) is 7.52. The summed E-state index contributed by atoms with van der Waals surface area (Å²) in [7, 11) is 0. The first-order valence-electron chi connectivity index (χ1n) is 3.47. The molecule has 0 atom stereocenters. The number of thioether (sulfide) groups is 2. The second-order valence-corrected chi connectivity index (χ2v) is 4.19. The SMILES string of the molecule is C1CSC(OC2=NCCS2)=N1. The van der Waals surface area contributed by atoms with E-state index in [9.17, 15) is 0 Å². The third-order valence-electron chi connectivity index (χ3n) is 1.29. The van der Waals surface area contributed by atoms with Gasteiger partial charge in [0.15, 0.2) is 0 Å². The van der Waals surface area contributed by atoms with Crippen LogP contribution in [0.5, 0.6) is 0 Å². The van der Waals surface area contributed by atoms with Crippen LogP contribution in [-0.4, -0.2) is 35.1 Å². The molecule has 2 aliphatic rings. The minimum atomic E-state index is 0.790. The van der Waals surface area contributed by atoms with Crippen molar-refractivity contribution in [1.29, 1.82) is 0 Å². The van der Waals surface area contributed by atoms with E-state index in [1.807, 2.05) is 0 Å². The molecule has 0 N–H and O–H groups in total. The van der Waals surface area contributed by atoms with E-state index in [2.05, 4.69) is 9.98 Å². The zero-order valence-electron chi connectivity index (χ0n) is 5.95. The maximum atomic E-state index is 5.40. The number of nitrogens with zero attached hydrogens (tertiary/aromatic N) is 2. The van der Waals surface area contributed by atoms with Crippen molar-refractivity contribution in [2.24, 2.45) is 9.98 Å². The van der Waals surface area contributed by atoms with Crippen LogP contribution >= 0.6 is 23.5 Å². The van der Waals surface area contributed by atoms with Gasteiger partial charge in [-0.2, -0.15) is 0 Å². The fourth-order valence-corrected chi connectivity index (χ4v) is 2.24. The Kier molecular flexibility index (Phi) is 2.38. The fraction of sp³-hybridized carbons (Fsp3) is 0.667. The first-order chi connectivity index (χ1) is 5.45. The molecule has 5 heteroatoms. The number of ether oxygens (including phenoxy) is 1. The first kappa shape index (κ1) is 7.49. The van der Waals surface area contributed by atoms with Crippen molar-refractivity contribution in [3.8, 4) is 0 Å². The Hall–Kier alpha value is -0.160. The van der Waals surface area contributed by atoms with Gasteiger partial charge in [0.25, 0.3) is 10.5 Å². The van der Waals surface area contributed by atoms with E-state index in [4.69, 9.17) is 4.74 Å². The molecule has 2 heterocycles. The van der Waals surface area contributed by atoms with Crippen LogP contribution in [0.4, 0.5) is 0 Å². The molecule has 0 spiro atoms. The van der Waals surface area contributed by atoms with Gasteiger partial charge in [-0.3, -0.25) is 0 Å². The van der Waals surface area contributed by atoms with Crippen LogP contribution in [0.1, 0.15) is 0 Å². The van der Waals surface area contributed by atoms with Crippen molar-refractivity contribution < 1.29 is 4.74 Å². The Labute approximate surface area is 73.7 Å². The normalized spacial score (nSPS) is 23.3. The molecule has 0 aromatic carbocycles. The summed E-state index contributed by atoms with van der Waals surface area (Å²) in [4.78, 5) is 8.32. The Balaban J connectivity index is 1.89.